The molecule has 0 fully saturated rings. The Morgan fingerprint density at radius 1 is 1.44 bits per heavy atom. The molecule has 0 heterocycles. The minimum absolute atomic E-state index is 0.422. The molecule has 0 radical (unpaired) electrons. The van der Waals surface area contributed by atoms with E-state index in [-0.39, 0.29) is 0 Å². The fourth-order valence-corrected chi connectivity index (χ4v) is 1.81. The van der Waals surface area contributed by atoms with Gasteiger partial charge in [-0.1, -0.05) is 6.07 Å². The highest BCUT2D eigenvalue weighted by molar-refractivity contribution is 7.92. The normalized spacial score (nSPS) is 11.4. The third kappa shape index (κ3) is 2.86. The Hall–Kier alpha value is -1.27. The number of benzene rings is 1. The van der Waals surface area contributed by atoms with E-state index in [4.69, 9.17) is 10.5 Å². The van der Waals surface area contributed by atoms with Gasteiger partial charge in [-0.15, -0.1) is 0 Å². The predicted octanol–water partition coefficient (Wildman–Crippen LogP) is 0.811. The molecule has 0 aliphatic heterocycles. The van der Waals surface area contributed by atoms with Gasteiger partial charge in [-0.3, -0.25) is 4.31 Å². The van der Waals surface area contributed by atoms with E-state index in [1.165, 1.54) is 7.05 Å². The topological polar surface area (TPSA) is 72.6 Å². The van der Waals surface area contributed by atoms with E-state index in [1.54, 1.807) is 25.3 Å². The number of methoxy groups -OCH3 is 1. The number of nitrogens with zero attached hydrogens (tertiary/aromatic N) is 1. The first-order valence-corrected chi connectivity index (χ1v) is 6.52. The molecule has 0 spiro atoms. The monoisotopic (exact) mass is 244 g/mol. The fourth-order valence-electron chi connectivity index (χ4n) is 1.30. The molecule has 90 valence electrons. The zero-order valence-corrected chi connectivity index (χ0v) is 10.4. The molecule has 0 aliphatic carbocycles. The number of hydrogen-bond donors (Lipinski definition) is 1. The molecule has 0 saturated carbocycles. The Kier molecular flexibility index (Phi) is 3.77. The molecule has 0 amide bonds. The lowest BCUT2D eigenvalue weighted by molar-refractivity contribution is 0.185. The van der Waals surface area contributed by atoms with Crippen LogP contribution in [0, 0.1) is 0 Å². The highest BCUT2D eigenvalue weighted by atomic mass is 32.2. The average molecular weight is 244 g/mol. The van der Waals surface area contributed by atoms with Crippen molar-refractivity contribution in [3.05, 3.63) is 23.8 Å². The van der Waals surface area contributed by atoms with Crippen LogP contribution in [0.1, 0.15) is 5.56 Å². The van der Waals surface area contributed by atoms with Crippen LogP contribution in [0.15, 0.2) is 18.2 Å². The second-order valence-electron chi connectivity index (χ2n) is 3.56. The summed E-state index contributed by atoms with van der Waals surface area (Å²) in [5.74, 6) is 0. The van der Waals surface area contributed by atoms with Gasteiger partial charge in [-0.25, -0.2) is 8.42 Å². The molecule has 2 N–H and O–H groups in total. The Balaban J connectivity index is 3.17. The molecule has 0 atom stereocenters. The van der Waals surface area contributed by atoms with Crippen LogP contribution in [0.5, 0.6) is 0 Å². The Morgan fingerprint density at radius 2 is 2.06 bits per heavy atom. The maximum atomic E-state index is 11.4. The van der Waals surface area contributed by atoms with Crippen molar-refractivity contribution in [2.75, 3.05) is 30.5 Å². The van der Waals surface area contributed by atoms with Crippen molar-refractivity contribution in [3.8, 4) is 0 Å². The van der Waals surface area contributed by atoms with Gasteiger partial charge in [0.1, 0.15) is 0 Å². The van der Waals surface area contributed by atoms with E-state index in [9.17, 15) is 8.42 Å². The molecule has 0 saturated heterocycles. The van der Waals surface area contributed by atoms with Crippen molar-refractivity contribution in [2.45, 2.75) is 6.61 Å². The van der Waals surface area contributed by atoms with Crippen LogP contribution in [0.25, 0.3) is 0 Å². The average Bonchev–Trinajstić information content (AvgIpc) is 2.19. The van der Waals surface area contributed by atoms with E-state index in [1.807, 2.05) is 0 Å². The lowest BCUT2D eigenvalue weighted by atomic mass is 10.2. The second kappa shape index (κ2) is 4.71. The summed E-state index contributed by atoms with van der Waals surface area (Å²) in [6.45, 7) is 0.422. The zero-order valence-electron chi connectivity index (χ0n) is 9.60. The van der Waals surface area contributed by atoms with Gasteiger partial charge in [0.2, 0.25) is 10.0 Å². The highest BCUT2D eigenvalue weighted by Gasteiger charge is 2.14. The molecule has 0 aromatic heterocycles. The van der Waals surface area contributed by atoms with Crippen LogP contribution in [0.3, 0.4) is 0 Å². The van der Waals surface area contributed by atoms with Crippen molar-refractivity contribution in [2.24, 2.45) is 0 Å². The van der Waals surface area contributed by atoms with Crippen molar-refractivity contribution in [3.63, 3.8) is 0 Å². The molecule has 0 bridgehead atoms. The summed E-state index contributed by atoms with van der Waals surface area (Å²) in [5, 5.41) is 0. The predicted molar refractivity (Wildman–Crippen MR) is 64.8 cm³/mol. The summed E-state index contributed by atoms with van der Waals surface area (Å²) in [6.07, 6.45) is 1.13. The largest absolute Gasteiger partial charge is 0.397 e. The molecular weight excluding hydrogens is 228 g/mol. The van der Waals surface area contributed by atoms with Crippen LogP contribution >= 0.6 is 0 Å². The van der Waals surface area contributed by atoms with Gasteiger partial charge in [0.25, 0.3) is 0 Å². The van der Waals surface area contributed by atoms with Gasteiger partial charge < -0.3 is 10.5 Å². The summed E-state index contributed by atoms with van der Waals surface area (Å²) in [5.41, 5.74) is 7.51. The van der Waals surface area contributed by atoms with Gasteiger partial charge in [-0.2, -0.15) is 0 Å². The van der Waals surface area contributed by atoms with Crippen LogP contribution < -0.4 is 10.0 Å². The lowest BCUT2D eigenvalue weighted by Crippen LogP contribution is -2.25. The summed E-state index contributed by atoms with van der Waals surface area (Å²) in [6, 6.07) is 5.18. The summed E-state index contributed by atoms with van der Waals surface area (Å²) >= 11 is 0. The van der Waals surface area contributed by atoms with Crippen LogP contribution in [0.4, 0.5) is 11.4 Å². The minimum atomic E-state index is -3.30. The number of hydrogen-bond acceptors (Lipinski definition) is 4. The summed E-state index contributed by atoms with van der Waals surface area (Å²) in [4.78, 5) is 0. The molecule has 0 aliphatic rings. The van der Waals surface area contributed by atoms with Crippen LogP contribution in [0.2, 0.25) is 0 Å². The Labute approximate surface area is 95.9 Å². The molecule has 1 aromatic carbocycles. The molecule has 0 unspecified atom stereocenters. The van der Waals surface area contributed by atoms with E-state index < -0.39 is 10.0 Å². The van der Waals surface area contributed by atoms with Gasteiger partial charge in [0.15, 0.2) is 0 Å². The fraction of sp³-hybridized carbons (Fsp3) is 0.400. The third-order valence-electron chi connectivity index (χ3n) is 2.24. The van der Waals surface area contributed by atoms with Gasteiger partial charge in [-0.05, 0) is 17.7 Å². The lowest BCUT2D eigenvalue weighted by Gasteiger charge is -2.19. The highest BCUT2D eigenvalue weighted by Crippen LogP contribution is 2.25. The van der Waals surface area contributed by atoms with Gasteiger partial charge in [0.05, 0.1) is 24.2 Å². The van der Waals surface area contributed by atoms with Crippen LogP contribution in [-0.2, 0) is 21.4 Å². The Bertz CT molecular complexity index is 471. The smallest absolute Gasteiger partial charge is 0.232 e. The molecule has 16 heavy (non-hydrogen) atoms. The molecule has 5 nitrogen and oxygen atoms in total. The van der Waals surface area contributed by atoms with Crippen molar-refractivity contribution >= 4 is 21.4 Å². The number of ether oxygens (including phenoxy) is 1. The first-order valence-electron chi connectivity index (χ1n) is 4.67. The minimum Gasteiger partial charge on any atom is -0.397 e. The first-order chi connectivity index (χ1) is 7.36. The quantitative estimate of drug-likeness (QED) is 0.795. The number of nitrogens with two attached hydrogens (primary N) is 1. The zero-order chi connectivity index (χ0) is 12.3. The SMILES string of the molecule is COCc1ccc(N)c(N(C)S(C)(=O)=O)c1. The first kappa shape index (κ1) is 12.8. The number of nitrogen functional groups attached to an aromatic ring is 1. The van der Waals surface area contributed by atoms with Crippen molar-refractivity contribution in [1.82, 2.24) is 0 Å². The van der Waals surface area contributed by atoms with Gasteiger partial charge >= 0.3 is 0 Å². The summed E-state index contributed by atoms with van der Waals surface area (Å²) < 4.78 is 28.9. The maximum Gasteiger partial charge on any atom is 0.232 e. The molecule has 1 rings (SSSR count). The van der Waals surface area contributed by atoms with E-state index in [0.29, 0.717) is 18.0 Å². The second-order valence-corrected chi connectivity index (χ2v) is 5.57. The Morgan fingerprint density at radius 3 is 2.56 bits per heavy atom. The molecular formula is C10H16N2O3S. The maximum absolute atomic E-state index is 11.4. The summed E-state index contributed by atoms with van der Waals surface area (Å²) in [7, 11) is -0.248. The molecule has 1 aromatic rings. The molecule has 6 heteroatoms. The number of sulfonamides is 1. The van der Waals surface area contributed by atoms with Crippen molar-refractivity contribution < 1.29 is 13.2 Å². The van der Waals surface area contributed by atoms with E-state index in [0.717, 1.165) is 16.1 Å². The third-order valence-corrected chi connectivity index (χ3v) is 3.43. The number of rotatable bonds is 4. The van der Waals surface area contributed by atoms with E-state index in [2.05, 4.69) is 0 Å². The van der Waals surface area contributed by atoms with Crippen molar-refractivity contribution in [1.29, 1.82) is 0 Å². The van der Waals surface area contributed by atoms with Gasteiger partial charge in [0, 0.05) is 14.2 Å². The van der Waals surface area contributed by atoms with E-state index >= 15 is 0 Å². The number of anilines is 2. The van der Waals surface area contributed by atoms with Crippen LogP contribution in [-0.4, -0.2) is 28.8 Å². The standard InChI is InChI=1S/C10H16N2O3S/c1-12(16(3,13)14)10-6-8(7-15-2)4-5-9(10)11/h4-6H,7,11H2,1-3H3.